The molecule has 1 aliphatic heterocycles. The summed E-state index contributed by atoms with van der Waals surface area (Å²) in [5, 5.41) is 0. The Kier molecular flexibility index (Phi) is 3.04. The van der Waals surface area contributed by atoms with Crippen LogP contribution in [0.2, 0.25) is 0 Å². The zero-order valence-corrected chi connectivity index (χ0v) is 14.1. The Labute approximate surface area is 142 Å². The zero-order valence-electron chi connectivity index (χ0n) is 14.1. The third kappa shape index (κ3) is 1.73. The fourth-order valence-electron chi connectivity index (χ4n) is 5.94. The van der Waals surface area contributed by atoms with Gasteiger partial charge in [-0.2, -0.15) is 0 Å². The van der Waals surface area contributed by atoms with Crippen molar-refractivity contribution < 1.29 is 9.59 Å². The van der Waals surface area contributed by atoms with Crippen LogP contribution in [0.15, 0.2) is 35.4 Å². The predicted molar refractivity (Wildman–Crippen MR) is 92.4 cm³/mol. The molecule has 4 aliphatic rings. The number of imide groups is 1. The van der Waals surface area contributed by atoms with Gasteiger partial charge in [-0.3, -0.25) is 9.59 Å². The van der Waals surface area contributed by atoms with Crippen LogP contribution >= 0.6 is 0 Å². The number of rotatable bonds is 1. The first kappa shape index (κ1) is 14.4. The summed E-state index contributed by atoms with van der Waals surface area (Å²) in [5.41, 5.74) is 4.92. The van der Waals surface area contributed by atoms with E-state index < -0.39 is 0 Å². The van der Waals surface area contributed by atoms with Crippen molar-refractivity contribution in [1.82, 2.24) is 0 Å². The van der Waals surface area contributed by atoms with Gasteiger partial charge in [-0.05, 0) is 68.9 Å². The first-order chi connectivity index (χ1) is 11.7. The summed E-state index contributed by atoms with van der Waals surface area (Å²) in [4.78, 5) is 28.2. The Balaban J connectivity index is 1.63. The number of hydrogen-bond acceptors (Lipinski definition) is 2. The highest BCUT2D eigenvalue weighted by molar-refractivity contribution is 6.23. The van der Waals surface area contributed by atoms with Crippen LogP contribution in [-0.4, -0.2) is 11.8 Å². The molecule has 4 atom stereocenters. The van der Waals surface area contributed by atoms with E-state index in [9.17, 15) is 9.59 Å². The van der Waals surface area contributed by atoms with Crippen LogP contribution in [-0.2, 0) is 9.59 Å². The number of benzene rings is 1. The highest BCUT2D eigenvalue weighted by atomic mass is 16.2. The van der Waals surface area contributed by atoms with Gasteiger partial charge in [0.05, 0.1) is 17.5 Å². The fourth-order valence-corrected chi connectivity index (χ4v) is 5.94. The number of hydrogen-bond donors (Lipinski definition) is 0. The lowest BCUT2D eigenvalue weighted by Gasteiger charge is -2.34. The average molecular weight is 321 g/mol. The maximum Gasteiger partial charge on any atom is 0.238 e. The van der Waals surface area contributed by atoms with Crippen molar-refractivity contribution in [2.75, 3.05) is 4.90 Å². The van der Waals surface area contributed by atoms with Crippen molar-refractivity contribution in [2.24, 2.45) is 23.7 Å². The van der Waals surface area contributed by atoms with Crippen LogP contribution in [0.1, 0.15) is 44.1 Å². The maximum absolute atomic E-state index is 13.3. The van der Waals surface area contributed by atoms with E-state index >= 15 is 0 Å². The van der Waals surface area contributed by atoms with E-state index in [2.05, 4.69) is 0 Å². The molecule has 0 N–H and O–H groups in total. The molecule has 0 aromatic heterocycles. The second-order valence-corrected chi connectivity index (χ2v) is 7.90. The summed E-state index contributed by atoms with van der Waals surface area (Å²) >= 11 is 0. The fraction of sp³-hybridized carbons (Fsp3) is 0.524. The number of carbonyl (C=O) groups excluding carboxylic acids is 2. The van der Waals surface area contributed by atoms with Gasteiger partial charge in [-0.1, -0.05) is 29.3 Å². The van der Waals surface area contributed by atoms with Gasteiger partial charge in [0.2, 0.25) is 11.8 Å². The lowest BCUT2D eigenvalue weighted by Crippen LogP contribution is -2.35. The summed E-state index contributed by atoms with van der Waals surface area (Å²) in [6.07, 6.45) is 6.87. The molecule has 0 bridgehead atoms. The Hall–Kier alpha value is -1.90. The molecule has 1 aromatic rings. The second kappa shape index (κ2) is 5.05. The summed E-state index contributed by atoms with van der Waals surface area (Å²) in [6, 6.07) is 7.78. The largest absolute Gasteiger partial charge is 0.274 e. The van der Waals surface area contributed by atoms with Crippen molar-refractivity contribution in [1.29, 1.82) is 0 Å². The molecule has 1 saturated heterocycles. The van der Waals surface area contributed by atoms with Gasteiger partial charge in [-0.15, -0.1) is 0 Å². The Morgan fingerprint density at radius 1 is 0.875 bits per heavy atom. The molecule has 2 amide bonds. The van der Waals surface area contributed by atoms with Crippen LogP contribution in [0.4, 0.5) is 5.69 Å². The van der Waals surface area contributed by atoms with Gasteiger partial charge in [-0.25, -0.2) is 4.90 Å². The van der Waals surface area contributed by atoms with E-state index in [1.54, 1.807) is 11.1 Å². The monoisotopic (exact) mass is 321 g/mol. The van der Waals surface area contributed by atoms with Gasteiger partial charge in [0, 0.05) is 0 Å². The van der Waals surface area contributed by atoms with E-state index in [0.29, 0.717) is 11.8 Å². The number of nitrogens with zero attached hydrogens (tertiary/aromatic N) is 1. The Bertz CT molecular complexity index is 736. The highest BCUT2D eigenvalue weighted by Crippen LogP contribution is 2.58. The lowest BCUT2D eigenvalue weighted by molar-refractivity contribution is -0.122. The van der Waals surface area contributed by atoms with E-state index in [1.165, 1.54) is 17.7 Å². The molecule has 0 unspecified atom stereocenters. The van der Waals surface area contributed by atoms with Gasteiger partial charge >= 0.3 is 0 Å². The van der Waals surface area contributed by atoms with Crippen molar-refractivity contribution >= 4 is 17.5 Å². The second-order valence-electron chi connectivity index (χ2n) is 7.90. The molecule has 1 aromatic carbocycles. The SMILES string of the molecule is Cc1ccccc1N1C(=O)[C@H]2[C@H](C1=O)[C@H]1CCCC1=C1CCC[C@H]12. The number of anilines is 1. The minimum Gasteiger partial charge on any atom is -0.274 e. The molecule has 2 saturated carbocycles. The van der Waals surface area contributed by atoms with E-state index in [4.69, 9.17) is 0 Å². The van der Waals surface area contributed by atoms with Gasteiger partial charge < -0.3 is 0 Å². The molecular formula is C21H23NO2. The number of para-hydroxylation sites is 1. The molecule has 3 heteroatoms. The lowest BCUT2D eigenvalue weighted by atomic mass is 9.66. The number of fused-ring (bicyclic) bond motifs is 5. The standard InChI is InChI=1S/C21H23NO2/c1-12-6-2-3-11-17(12)22-20(23)18-15-9-4-7-13(15)14-8-5-10-16(14)19(18)21(22)24/h2-3,6,11,15-16,18-19H,4-5,7-10H2,1H3/t15-,16+,18-,19-/m1/s1. The molecule has 0 radical (unpaired) electrons. The number of carbonyl (C=O) groups is 2. The topological polar surface area (TPSA) is 37.4 Å². The van der Waals surface area contributed by atoms with Crippen LogP contribution in [0.5, 0.6) is 0 Å². The van der Waals surface area contributed by atoms with Crippen molar-refractivity contribution in [3.05, 3.63) is 41.0 Å². The molecule has 3 nitrogen and oxygen atoms in total. The third-order valence-corrected chi connectivity index (χ3v) is 6.85. The normalized spacial score (nSPS) is 34.6. The van der Waals surface area contributed by atoms with E-state index in [-0.39, 0.29) is 23.7 Å². The first-order valence-corrected chi connectivity index (χ1v) is 9.33. The third-order valence-electron chi connectivity index (χ3n) is 6.85. The quantitative estimate of drug-likeness (QED) is 0.579. The minimum absolute atomic E-state index is 0.0645. The molecule has 0 spiro atoms. The first-order valence-electron chi connectivity index (χ1n) is 9.33. The molecular weight excluding hydrogens is 298 g/mol. The van der Waals surface area contributed by atoms with Crippen molar-refractivity contribution in [3.8, 4) is 0 Å². The molecule has 24 heavy (non-hydrogen) atoms. The van der Waals surface area contributed by atoms with Gasteiger partial charge in [0.25, 0.3) is 0 Å². The predicted octanol–water partition coefficient (Wildman–Crippen LogP) is 4.01. The summed E-state index contributed by atoms with van der Waals surface area (Å²) in [6.45, 7) is 1.98. The molecule has 1 heterocycles. The van der Waals surface area contributed by atoms with E-state index in [0.717, 1.165) is 36.9 Å². The van der Waals surface area contributed by atoms with E-state index in [1.807, 2.05) is 31.2 Å². The number of aryl methyl sites for hydroxylation is 1. The summed E-state index contributed by atoms with van der Waals surface area (Å²) < 4.78 is 0. The summed E-state index contributed by atoms with van der Waals surface area (Å²) in [5.74, 6) is 0.613. The highest BCUT2D eigenvalue weighted by Gasteiger charge is 2.59. The van der Waals surface area contributed by atoms with Gasteiger partial charge in [0.1, 0.15) is 0 Å². The van der Waals surface area contributed by atoms with Crippen LogP contribution < -0.4 is 4.90 Å². The Morgan fingerprint density at radius 3 is 1.96 bits per heavy atom. The molecule has 3 aliphatic carbocycles. The minimum atomic E-state index is -0.0959. The molecule has 124 valence electrons. The smallest absolute Gasteiger partial charge is 0.238 e. The van der Waals surface area contributed by atoms with Crippen molar-refractivity contribution in [2.45, 2.75) is 45.4 Å². The van der Waals surface area contributed by atoms with Gasteiger partial charge in [0.15, 0.2) is 0 Å². The van der Waals surface area contributed by atoms with Crippen LogP contribution in [0.3, 0.4) is 0 Å². The average Bonchev–Trinajstić information content (AvgIpc) is 3.26. The number of amides is 2. The van der Waals surface area contributed by atoms with Crippen LogP contribution in [0, 0.1) is 30.6 Å². The van der Waals surface area contributed by atoms with Crippen LogP contribution in [0.25, 0.3) is 0 Å². The molecule has 5 rings (SSSR count). The van der Waals surface area contributed by atoms with Crippen molar-refractivity contribution in [3.63, 3.8) is 0 Å². The molecule has 3 fully saturated rings. The number of allylic oxidation sites excluding steroid dienone is 2. The Morgan fingerprint density at radius 2 is 1.42 bits per heavy atom. The summed E-state index contributed by atoms with van der Waals surface area (Å²) in [7, 11) is 0. The zero-order chi connectivity index (χ0) is 16.4. The maximum atomic E-state index is 13.3.